The van der Waals surface area contributed by atoms with Crippen molar-refractivity contribution in [2.75, 3.05) is 26.7 Å². The third-order valence-electron chi connectivity index (χ3n) is 4.86. The van der Waals surface area contributed by atoms with Crippen LogP contribution in [0.1, 0.15) is 30.0 Å². The van der Waals surface area contributed by atoms with Gasteiger partial charge in [0.1, 0.15) is 11.6 Å². The second-order valence-corrected chi connectivity index (χ2v) is 6.63. The fraction of sp³-hybridized carbons (Fsp3) is 0.381. The van der Waals surface area contributed by atoms with Crippen molar-refractivity contribution in [2.45, 2.75) is 25.3 Å². The fourth-order valence-electron chi connectivity index (χ4n) is 3.46. The summed E-state index contributed by atoms with van der Waals surface area (Å²) in [5.74, 6) is 0.640. The predicted octanol–water partition coefficient (Wildman–Crippen LogP) is 3.33. The molecule has 1 saturated heterocycles. The van der Waals surface area contributed by atoms with Crippen molar-refractivity contribution in [1.82, 2.24) is 10.2 Å². The number of benzene rings is 2. The van der Waals surface area contributed by atoms with Gasteiger partial charge in [0.15, 0.2) is 0 Å². The van der Waals surface area contributed by atoms with Gasteiger partial charge in [-0.2, -0.15) is 0 Å². The topological polar surface area (TPSA) is 41.6 Å². The number of nitrogens with one attached hydrogen (secondary N) is 1. The van der Waals surface area contributed by atoms with E-state index in [-0.39, 0.29) is 17.8 Å². The summed E-state index contributed by atoms with van der Waals surface area (Å²) >= 11 is 0. The average Bonchev–Trinajstić information content (AvgIpc) is 3.11. The van der Waals surface area contributed by atoms with Gasteiger partial charge >= 0.3 is 0 Å². The van der Waals surface area contributed by atoms with E-state index in [1.54, 1.807) is 19.2 Å². The minimum atomic E-state index is -0.239. The number of methoxy groups -OCH3 is 1. The van der Waals surface area contributed by atoms with Gasteiger partial charge in [0.2, 0.25) is 5.91 Å². The molecule has 5 heteroatoms. The molecule has 0 aromatic heterocycles. The molecule has 4 nitrogen and oxygen atoms in total. The zero-order valence-electron chi connectivity index (χ0n) is 15.1. The average molecular weight is 356 g/mol. The number of carbonyl (C=O) groups excluding carboxylic acids is 1. The molecule has 0 spiro atoms. The highest BCUT2D eigenvalue weighted by Gasteiger charge is 2.27. The molecular formula is C21H25FN2O2. The van der Waals surface area contributed by atoms with Crippen molar-refractivity contribution < 1.29 is 13.9 Å². The molecule has 1 atom stereocenters. The van der Waals surface area contributed by atoms with Gasteiger partial charge in [-0.1, -0.05) is 24.3 Å². The van der Waals surface area contributed by atoms with Gasteiger partial charge < -0.3 is 10.1 Å². The lowest BCUT2D eigenvalue weighted by molar-refractivity contribution is -0.122. The summed E-state index contributed by atoms with van der Waals surface area (Å²) in [5, 5.41) is 2.97. The molecule has 0 aliphatic carbocycles. The molecule has 1 aliphatic rings. The lowest BCUT2D eigenvalue weighted by Crippen LogP contribution is -2.37. The predicted molar refractivity (Wildman–Crippen MR) is 99.7 cm³/mol. The summed E-state index contributed by atoms with van der Waals surface area (Å²) in [6.07, 6.45) is 2.86. The molecular weight excluding hydrogens is 331 g/mol. The summed E-state index contributed by atoms with van der Waals surface area (Å²) in [6.45, 7) is 1.90. The molecule has 26 heavy (non-hydrogen) atoms. The van der Waals surface area contributed by atoms with Crippen LogP contribution in [0.15, 0.2) is 48.5 Å². The number of likely N-dealkylation sites (tertiary alicyclic amines) is 1. The number of ether oxygens (including phenoxy) is 1. The third-order valence-corrected chi connectivity index (χ3v) is 4.86. The first-order valence-corrected chi connectivity index (χ1v) is 9.05. The van der Waals surface area contributed by atoms with Crippen LogP contribution in [0.5, 0.6) is 5.75 Å². The zero-order valence-corrected chi connectivity index (χ0v) is 15.1. The molecule has 2 aromatic rings. The molecule has 0 saturated carbocycles. The van der Waals surface area contributed by atoms with Crippen molar-refractivity contribution in [3.05, 3.63) is 65.5 Å². The Bertz CT molecular complexity index is 716. The third kappa shape index (κ3) is 4.82. The summed E-state index contributed by atoms with van der Waals surface area (Å²) < 4.78 is 18.1. The first kappa shape index (κ1) is 18.4. The highest BCUT2D eigenvalue weighted by Crippen LogP contribution is 2.32. The van der Waals surface area contributed by atoms with Crippen molar-refractivity contribution >= 4 is 5.91 Å². The van der Waals surface area contributed by atoms with Crippen LogP contribution in [0.3, 0.4) is 0 Å². The van der Waals surface area contributed by atoms with Gasteiger partial charge in [0.25, 0.3) is 0 Å². The molecule has 0 unspecified atom stereocenters. The van der Waals surface area contributed by atoms with Crippen LogP contribution in [-0.4, -0.2) is 37.6 Å². The van der Waals surface area contributed by atoms with Gasteiger partial charge in [0.05, 0.1) is 13.7 Å². The minimum absolute atomic E-state index is 0.0347. The van der Waals surface area contributed by atoms with Crippen LogP contribution in [0, 0.1) is 5.82 Å². The van der Waals surface area contributed by atoms with E-state index in [0.29, 0.717) is 19.5 Å². The SMILES string of the molecule is COc1ccc([C@H]2CCCN2CC(=O)NCCc2ccc(F)cc2)cc1. The van der Waals surface area contributed by atoms with E-state index < -0.39 is 0 Å². The summed E-state index contributed by atoms with van der Waals surface area (Å²) in [5.41, 5.74) is 2.24. The molecule has 1 aliphatic heterocycles. The lowest BCUT2D eigenvalue weighted by atomic mass is 10.0. The Labute approximate surface area is 154 Å². The first-order valence-electron chi connectivity index (χ1n) is 9.05. The van der Waals surface area contributed by atoms with Crippen molar-refractivity contribution in [3.63, 3.8) is 0 Å². The molecule has 1 amide bonds. The van der Waals surface area contributed by atoms with E-state index in [4.69, 9.17) is 4.74 Å². The Morgan fingerprint density at radius 2 is 1.92 bits per heavy atom. The molecule has 1 fully saturated rings. The van der Waals surface area contributed by atoms with Gasteiger partial charge in [-0.15, -0.1) is 0 Å². The van der Waals surface area contributed by atoms with Crippen LogP contribution in [0.2, 0.25) is 0 Å². The number of halogens is 1. The highest BCUT2D eigenvalue weighted by atomic mass is 19.1. The highest BCUT2D eigenvalue weighted by molar-refractivity contribution is 5.78. The maximum absolute atomic E-state index is 12.9. The largest absolute Gasteiger partial charge is 0.497 e. The monoisotopic (exact) mass is 356 g/mol. The van der Waals surface area contributed by atoms with Gasteiger partial charge in [-0.05, 0) is 61.2 Å². The van der Waals surface area contributed by atoms with Crippen molar-refractivity contribution in [3.8, 4) is 5.75 Å². The second-order valence-electron chi connectivity index (χ2n) is 6.63. The molecule has 0 radical (unpaired) electrons. The number of hydrogen-bond donors (Lipinski definition) is 1. The smallest absolute Gasteiger partial charge is 0.234 e. The number of amides is 1. The quantitative estimate of drug-likeness (QED) is 0.827. The van der Waals surface area contributed by atoms with Crippen molar-refractivity contribution in [2.24, 2.45) is 0 Å². The normalized spacial score (nSPS) is 17.2. The van der Waals surface area contributed by atoms with E-state index in [1.165, 1.54) is 17.7 Å². The number of hydrogen-bond acceptors (Lipinski definition) is 3. The van der Waals surface area contributed by atoms with Crippen LogP contribution >= 0.6 is 0 Å². The Hall–Kier alpha value is -2.40. The Morgan fingerprint density at radius 1 is 1.19 bits per heavy atom. The van der Waals surface area contributed by atoms with Crippen LogP contribution < -0.4 is 10.1 Å². The maximum Gasteiger partial charge on any atom is 0.234 e. The van der Waals surface area contributed by atoms with Crippen LogP contribution in [-0.2, 0) is 11.2 Å². The Morgan fingerprint density at radius 3 is 2.62 bits per heavy atom. The van der Waals surface area contributed by atoms with Gasteiger partial charge in [-0.25, -0.2) is 4.39 Å². The van der Waals surface area contributed by atoms with E-state index in [1.807, 2.05) is 12.1 Å². The molecule has 138 valence electrons. The lowest BCUT2D eigenvalue weighted by Gasteiger charge is -2.24. The van der Waals surface area contributed by atoms with Crippen LogP contribution in [0.4, 0.5) is 4.39 Å². The van der Waals surface area contributed by atoms with E-state index in [9.17, 15) is 9.18 Å². The number of rotatable bonds is 7. The molecule has 0 bridgehead atoms. The minimum Gasteiger partial charge on any atom is -0.497 e. The number of carbonyl (C=O) groups is 1. The zero-order chi connectivity index (χ0) is 18.4. The van der Waals surface area contributed by atoms with Gasteiger partial charge in [-0.3, -0.25) is 9.69 Å². The molecule has 2 aromatic carbocycles. The van der Waals surface area contributed by atoms with Crippen molar-refractivity contribution in [1.29, 1.82) is 0 Å². The maximum atomic E-state index is 12.9. The molecule has 3 rings (SSSR count). The Kier molecular flexibility index (Phi) is 6.23. The standard InChI is InChI=1S/C21H25FN2O2/c1-26-19-10-6-17(7-11-19)20-3-2-14-24(20)15-21(25)23-13-12-16-4-8-18(22)9-5-16/h4-11,20H,2-3,12-15H2,1H3,(H,23,25)/t20-/m1/s1. The summed E-state index contributed by atoms with van der Waals surface area (Å²) in [7, 11) is 1.66. The van der Waals surface area contributed by atoms with E-state index >= 15 is 0 Å². The molecule has 1 heterocycles. The molecule has 1 N–H and O–H groups in total. The summed E-state index contributed by atoms with van der Waals surface area (Å²) in [4.78, 5) is 14.5. The van der Waals surface area contributed by atoms with E-state index in [0.717, 1.165) is 30.7 Å². The Balaban J connectivity index is 1.48. The second kappa shape index (κ2) is 8.81. The summed E-state index contributed by atoms with van der Waals surface area (Å²) in [6, 6.07) is 14.8. The fourth-order valence-corrected chi connectivity index (χ4v) is 3.46. The first-order chi connectivity index (χ1) is 12.7. The number of nitrogens with zero attached hydrogens (tertiary/aromatic N) is 1. The van der Waals surface area contributed by atoms with Gasteiger partial charge in [0, 0.05) is 12.6 Å². The van der Waals surface area contributed by atoms with E-state index in [2.05, 4.69) is 22.3 Å². The van der Waals surface area contributed by atoms with Crippen LogP contribution in [0.25, 0.3) is 0 Å².